The summed E-state index contributed by atoms with van der Waals surface area (Å²) in [6.07, 6.45) is 0. The number of rotatable bonds is 5. The van der Waals surface area contributed by atoms with Gasteiger partial charge in [0.1, 0.15) is 10.0 Å². The molecule has 0 bridgehead atoms. The number of aliphatic hydroxyl groups is 1. The second kappa shape index (κ2) is 6.87. The zero-order valence-corrected chi connectivity index (χ0v) is 13.2. The van der Waals surface area contributed by atoms with Crippen molar-refractivity contribution in [2.75, 3.05) is 5.32 Å². The molecule has 3 rings (SSSR count). The molecule has 0 amide bonds. The number of halogens is 1. The Morgan fingerprint density at radius 3 is 2.68 bits per heavy atom. The van der Waals surface area contributed by atoms with Crippen molar-refractivity contribution in [3.63, 3.8) is 0 Å². The van der Waals surface area contributed by atoms with E-state index >= 15 is 0 Å². The zero-order chi connectivity index (χ0) is 15.4. The number of anilines is 1. The van der Waals surface area contributed by atoms with Crippen molar-refractivity contribution in [3.8, 4) is 10.6 Å². The largest absolute Gasteiger partial charge is 0.392 e. The highest BCUT2D eigenvalue weighted by Crippen LogP contribution is 2.26. The van der Waals surface area contributed by atoms with Gasteiger partial charge in [0, 0.05) is 5.56 Å². The maximum Gasteiger partial charge on any atom is 0.147 e. The van der Waals surface area contributed by atoms with Crippen LogP contribution < -0.4 is 5.32 Å². The van der Waals surface area contributed by atoms with E-state index in [1.807, 2.05) is 36.4 Å². The average molecular weight is 332 g/mol. The fraction of sp³-hybridized carbons (Fsp3) is 0.125. The standard InChI is InChI=1S/C16H14ClN3OS/c17-13-7-6-11(10-21)8-14(13)18-9-15-19-20-16(22-15)12-4-2-1-3-5-12/h1-8,18,21H,9-10H2. The number of aromatic nitrogens is 2. The van der Waals surface area contributed by atoms with E-state index in [-0.39, 0.29) is 6.61 Å². The molecule has 22 heavy (non-hydrogen) atoms. The van der Waals surface area contributed by atoms with Gasteiger partial charge in [0.2, 0.25) is 0 Å². The second-order valence-electron chi connectivity index (χ2n) is 4.69. The first-order chi connectivity index (χ1) is 10.8. The summed E-state index contributed by atoms with van der Waals surface area (Å²) in [6.45, 7) is 0.530. The highest BCUT2D eigenvalue weighted by Gasteiger charge is 2.07. The maximum atomic E-state index is 9.18. The molecule has 0 saturated carbocycles. The van der Waals surface area contributed by atoms with Crippen molar-refractivity contribution in [1.29, 1.82) is 0 Å². The van der Waals surface area contributed by atoms with E-state index in [1.165, 1.54) is 0 Å². The van der Waals surface area contributed by atoms with Gasteiger partial charge in [0.05, 0.1) is 23.9 Å². The Hall–Kier alpha value is -1.95. The number of aliphatic hydroxyl groups excluding tert-OH is 1. The van der Waals surface area contributed by atoms with Crippen LogP contribution in [-0.2, 0) is 13.2 Å². The summed E-state index contributed by atoms with van der Waals surface area (Å²) in [5.41, 5.74) is 2.66. The topological polar surface area (TPSA) is 58.0 Å². The minimum absolute atomic E-state index is 0.0111. The second-order valence-corrected chi connectivity index (χ2v) is 6.16. The molecule has 0 spiro atoms. The molecule has 4 nitrogen and oxygen atoms in total. The molecule has 1 heterocycles. The van der Waals surface area contributed by atoms with Crippen LogP contribution in [0.15, 0.2) is 48.5 Å². The van der Waals surface area contributed by atoms with Crippen LogP contribution in [0.2, 0.25) is 5.02 Å². The van der Waals surface area contributed by atoms with E-state index in [4.69, 9.17) is 11.6 Å². The Morgan fingerprint density at radius 2 is 1.91 bits per heavy atom. The molecule has 0 aliphatic rings. The van der Waals surface area contributed by atoms with Crippen LogP contribution in [0.25, 0.3) is 10.6 Å². The van der Waals surface area contributed by atoms with Crippen LogP contribution in [0.4, 0.5) is 5.69 Å². The summed E-state index contributed by atoms with van der Waals surface area (Å²) in [5.74, 6) is 0. The lowest BCUT2D eigenvalue weighted by Gasteiger charge is -2.08. The molecule has 0 unspecified atom stereocenters. The monoisotopic (exact) mass is 331 g/mol. The molecule has 0 aliphatic heterocycles. The highest BCUT2D eigenvalue weighted by atomic mass is 35.5. The fourth-order valence-corrected chi connectivity index (χ4v) is 2.97. The van der Waals surface area contributed by atoms with Crippen molar-refractivity contribution >= 4 is 28.6 Å². The Labute approximate surface area is 137 Å². The van der Waals surface area contributed by atoms with Crippen LogP contribution >= 0.6 is 22.9 Å². The first-order valence-electron chi connectivity index (χ1n) is 6.77. The predicted molar refractivity (Wildman–Crippen MR) is 90.0 cm³/mol. The van der Waals surface area contributed by atoms with E-state index in [1.54, 1.807) is 23.5 Å². The summed E-state index contributed by atoms with van der Waals surface area (Å²) in [4.78, 5) is 0. The Balaban J connectivity index is 1.71. The molecule has 0 radical (unpaired) electrons. The fourth-order valence-electron chi connectivity index (χ4n) is 2.00. The molecule has 3 aromatic rings. The van der Waals surface area contributed by atoms with E-state index in [0.29, 0.717) is 11.6 Å². The normalized spacial score (nSPS) is 10.6. The first kappa shape index (κ1) is 15.0. The van der Waals surface area contributed by atoms with E-state index in [0.717, 1.165) is 26.8 Å². The van der Waals surface area contributed by atoms with Gasteiger partial charge in [0.15, 0.2) is 0 Å². The van der Waals surface area contributed by atoms with Crippen molar-refractivity contribution < 1.29 is 5.11 Å². The number of nitrogens with one attached hydrogen (secondary N) is 1. The Kier molecular flexibility index (Phi) is 4.68. The van der Waals surface area contributed by atoms with E-state index in [9.17, 15) is 5.11 Å². The van der Waals surface area contributed by atoms with Crippen LogP contribution in [0.5, 0.6) is 0 Å². The highest BCUT2D eigenvalue weighted by molar-refractivity contribution is 7.14. The molecule has 2 N–H and O–H groups in total. The average Bonchev–Trinajstić information content (AvgIpc) is 3.04. The van der Waals surface area contributed by atoms with Gasteiger partial charge in [0.25, 0.3) is 0 Å². The molecule has 0 atom stereocenters. The zero-order valence-electron chi connectivity index (χ0n) is 11.7. The quantitative estimate of drug-likeness (QED) is 0.743. The summed E-state index contributed by atoms with van der Waals surface area (Å²) < 4.78 is 0. The molecule has 112 valence electrons. The molecular weight excluding hydrogens is 318 g/mol. The number of hydrogen-bond acceptors (Lipinski definition) is 5. The molecule has 0 aliphatic carbocycles. The lowest BCUT2D eigenvalue weighted by atomic mass is 10.2. The van der Waals surface area contributed by atoms with Crippen molar-refractivity contribution in [2.24, 2.45) is 0 Å². The third kappa shape index (κ3) is 3.44. The molecule has 0 fully saturated rings. The molecule has 2 aromatic carbocycles. The van der Waals surface area contributed by atoms with Gasteiger partial charge in [-0.2, -0.15) is 0 Å². The van der Waals surface area contributed by atoms with Crippen molar-refractivity contribution in [1.82, 2.24) is 10.2 Å². The van der Waals surface area contributed by atoms with Crippen molar-refractivity contribution in [3.05, 3.63) is 64.1 Å². The van der Waals surface area contributed by atoms with Gasteiger partial charge in [-0.25, -0.2) is 0 Å². The summed E-state index contributed by atoms with van der Waals surface area (Å²) >= 11 is 7.69. The molecule has 0 saturated heterocycles. The van der Waals surface area contributed by atoms with E-state index < -0.39 is 0 Å². The predicted octanol–water partition coefficient (Wildman–Crippen LogP) is 3.96. The van der Waals surface area contributed by atoms with Gasteiger partial charge < -0.3 is 10.4 Å². The summed E-state index contributed by atoms with van der Waals surface area (Å²) in [5, 5.41) is 23.2. The summed E-state index contributed by atoms with van der Waals surface area (Å²) in [7, 11) is 0. The summed E-state index contributed by atoms with van der Waals surface area (Å²) in [6, 6.07) is 15.4. The van der Waals surface area contributed by atoms with Crippen LogP contribution in [-0.4, -0.2) is 15.3 Å². The van der Waals surface area contributed by atoms with E-state index in [2.05, 4.69) is 15.5 Å². The number of benzene rings is 2. The number of hydrogen-bond donors (Lipinski definition) is 2. The SMILES string of the molecule is OCc1ccc(Cl)c(NCc2nnc(-c3ccccc3)s2)c1. The lowest BCUT2D eigenvalue weighted by Crippen LogP contribution is -2.00. The minimum Gasteiger partial charge on any atom is -0.392 e. The van der Waals surface area contributed by atoms with Crippen LogP contribution in [0.1, 0.15) is 10.6 Å². The Morgan fingerprint density at radius 1 is 1.09 bits per heavy atom. The van der Waals surface area contributed by atoms with Gasteiger partial charge in [-0.1, -0.05) is 59.3 Å². The first-order valence-corrected chi connectivity index (χ1v) is 7.96. The van der Waals surface area contributed by atoms with Crippen LogP contribution in [0.3, 0.4) is 0 Å². The molecule has 6 heteroatoms. The number of nitrogens with zero attached hydrogens (tertiary/aromatic N) is 2. The maximum absolute atomic E-state index is 9.18. The van der Waals surface area contributed by atoms with Crippen molar-refractivity contribution in [2.45, 2.75) is 13.2 Å². The third-order valence-electron chi connectivity index (χ3n) is 3.13. The smallest absolute Gasteiger partial charge is 0.147 e. The van der Waals surface area contributed by atoms with Gasteiger partial charge in [-0.15, -0.1) is 10.2 Å². The molecule has 1 aromatic heterocycles. The third-order valence-corrected chi connectivity index (χ3v) is 4.43. The van der Waals surface area contributed by atoms with Gasteiger partial charge in [-0.05, 0) is 17.7 Å². The van der Waals surface area contributed by atoms with Gasteiger partial charge in [-0.3, -0.25) is 0 Å². The van der Waals surface area contributed by atoms with Gasteiger partial charge >= 0.3 is 0 Å². The van der Waals surface area contributed by atoms with Crippen LogP contribution in [0, 0.1) is 0 Å². The molecular formula is C16H14ClN3OS. The Bertz CT molecular complexity index is 761. The lowest BCUT2D eigenvalue weighted by molar-refractivity contribution is 0.282. The minimum atomic E-state index is -0.0111.